The first-order valence-corrected chi connectivity index (χ1v) is 14.6. The highest BCUT2D eigenvalue weighted by molar-refractivity contribution is 5.89. The predicted octanol–water partition coefficient (Wildman–Crippen LogP) is 9.66. The Hall–Kier alpha value is -3.63. The van der Waals surface area contributed by atoms with Gasteiger partial charge in [0.1, 0.15) is 11.5 Å². The fraction of sp³-hybridized carbons (Fsp3) is 0.485. The lowest BCUT2D eigenvalue weighted by Gasteiger charge is -2.20. The second kappa shape index (κ2) is 14.9. The van der Waals surface area contributed by atoms with Gasteiger partial charge in [-0.2, -0.15) is 13.2 Å². The summed E-state index contributed by atoms with van der Waals surface area (Å²) in [5.41, 5.74) is 2.22. The van der Waals surface area contributed by atoms with E-state index in [0.717, 1.165) is 24.8 Å². The van der Waals surface area contributed by atoms with Crippen LogP contribution in [0.25, 0.3) is 22.2 Å². The van der Waals surface area contributed by atoms with Crippen LogP contribution in [0.3, 0.4) is 0 Å². The summed E-state index contributed by atoms with van der Waals surface area (Å²) in [7, 11) is 0. The SMILES string of the molecule is C=C(C)C(=O)OCC(COc1ccc2cc(-c3ccc(CCCCC)cc3OC(F)(F)F)n(CC(C)C)c2c1)CC(F)(F)F. The molecule has 242 valence electrons. The number of unbranched alkanes of at least 4 members (excludes halogenated alkanes) is 2. The molecule has 0 aliphatic carbocycles. The van der Waals surface area contributed by atoms with Crippen LogP contribution in [0.15, 0.2) is 54.6 Å². The highest BCUT2D eigenvalue weighted by atomic mass is 19.4. The van der Waals surface area contributed by atoms with E-state index in [1.54, 1.807) is 30.3 Å². The molecule has 3 rings (SSSR count). The van der Waals surface area contributed by atoms with Gasteiger partial charge in [-0.3, -0.25) is 0 Å². The van der Waals surface area contributed by atoms with Gasteiger partial charge in [0.25, 0.3) is 0 Å². The van der Waals surface area contributed by atoms with Crippen molar-refractivity contribution in [3.05, 3.63) is 60.2 Å². The van der Waals surface area contributed by atoms with Crippen molar-refractivity contribution in [1.82, 2.24) is 4.57 Å². The van der Waals surface area contributed by atoms with Crippen LogP contribution in [0.2, 0.25) is 0 Å². The van der Waals surface area contributed by atoms with Crippen molar-refractivity contribution >= 4 is 16.9 Å². The first-order valence-electron chi connectivity index (χ1n) is 14.6. The summed E-state index contributed by atoms with van der Waals surface area (Å²) >= 11 is 0. The van der Waals surface area contributed by atoms with E-state index >= 15 is 0 Å². The molecule has 0 N–H and O–H groups in total. The summed E-state index contributed by atoms with van der Waals surface area (Å²) in [5.74, 6) is -1.88. The maximum atomic E-state index is 13.5. The van der Waals surface area contributed by atoms with Crippen LogP contribution in [0.4, 0.5) is 26.3 Å². The van der Waals surface area contributed by atoms with E-state index in [2.05, 4.69) is 11.3 Å². The second-order valence-electron chi connectivity index (χ2n) is 11.5. The molecule has 1 heterocycles. The third-order valence-corrected chi connectivity index (χ3v) is 6.84. The monoisotopic (exact) mass is 627 g/mol. The van der Waals surface area contributed by atoms with Crippen molar-refractivity contribution < 1.29 is 45.3 Å². The third-order valence-electron chi connectivity index (χ3n) is 6.84. The minimum Gasteiger partial charge on any atom is -0.493 e. The fourth-order valence-corrected chi connectivity index (χ4v) is 4.86. The van der Waals surface area contributed by atoms with Crippen LogP contribution in [0, 0.1) is 11.8 Å². The molecular formula is C33H39F6NO4. The van der Waals surface area contributed by atoms with Gasteiger partial charge in [0.2, 0.25) is 0 Å². The van der Waals surface area contributed by atoms with Crippen molar-refractivity contribution in [1.29, 1.82) is 0 Å². The van der Waals surface area contributed by atoms with Crippen LogP contribution < -0.4 is 9.47 Å². The van der Waals surface area contributed by atoms with Crippen LogP contribution in [0.1, 0.15) is 58.9 Å². The Morgan fingerprint density at radius 1 is 0.977 bits per heavy atom. The largest absolute Gasteiger partial charge is 0.573 e. The molecule has 1 unspecified atom stereocenters. The topological polar surface area (TPSA) is 49.7 Å². The number of alkyl halides is 6. The molecule has 0 aliphatic rings. The normalized spacial score (nSPS) is 12.9. The smallest absolute Gasteiger partial charge is 0.493 e. The average Bonchev–Trinajstić information content (AvgIpc) is 3.25. The molecule has 2 aromatic carbocycles. The predicted molar refractivity (Wildman–Crippen MR) is 158 cm³/mol. The number of rotatable bonds is 15. The van der Waals surface area contributed by atoms with E-state index in [1.807, 2.05) is 31.4 Å². The van der Waals surface area contributed by atoms with Gasteiger partial charge >= 0.3 is 18.5 Å². The van der Waals surface area contributed by atoms with E-state index in [4.69, 9.17) is 9.47 Å². The van der Waals surface area contributed by atoms with Crippen LogP contribution >= 0.6 is 0 Å². The Morgan fingerprint density at radius 2 is 1.70 bits per heavy atom. The standard InChI is InChI=1S/C33H39F6NO4/c1-6-7-8-9-23-10-13-27(30(14-23)44-33(37,38)39)29-15-25-11-12-26(16-28(25)40(29)18-21(2)3)42-19-24(17-32(34,35)36)20-43-31(41)22(4)5/h10-16,21,24H,4,6-9,17-20H2,1-3,5H3. The number of benzene rings is 2. The summed E-state index contributed by atoms with van der Waals surface area (Å²) < 4.78 is 97.1. The van der Waals surface area contributed by atoms with Gasteiger partial charge < -0.3 is 18.8 Å². The molecule has 44 heavy (non-hydrogen) atoms. The summed E-state index contributed by atoms with van der Waals surface area (Å²) in [6, 6.07) is 11.6. The first-order chi connectivity index (χ1) is 20.6. The number of carbonyl (C=O) groups is 1. The molecule has 0 radical (unpaired) electrons. The molecule has 1 aromatic heterocycles. The molecule has 0 spiro atoms. The molecule has 0 fully saturated rings. The molecule has 11 heteroatoms. The number of aromatic nitrogens is 1. The second-order valence-corrected chi connectivity index (χ2v) is 11.5. The maximum absolute atomic E-state index is 13.5. The zero-order chi connectivity index (χ0) is 32.7. The molecule has 0 saturated heterocycles. The molecule has 1 atom stereocenters. The number of fused-ring (bicyclic) bond motifs is 1. The number of nitrogens with zero attached hydrogens (tertiary/aromatic N) is 1. The third kappa shape index (κ3) is 10.5. The molecule has 0 saturated carbocycles. The van der Waals surface area contributed by atoms with Gasteiger partial charge in [0, 0.05) is 35.1 Å². The molecule has 0 aliphatic heterocycles. The maximum Gasteiger partial charge on any atom is 0.573 e. The van der Waals surface area contributed by atoms with Crippen molar-refractivity contribution in [2.45, 2.75) is 78.9 Å². The molecule has 3 aromatic rings. The van der Waals surface area contributed by atoms with E-state index in [0.29, 0.717) is 29.6 Å². The van der Waals surface area contributed by atoms with E-state index in [-0.39, 0.29) is 35.2 Å². The molecule has 0 bridgehead atoms. The van der Waals surface area contributed by atoms with Gasteiger partial charge in [-0.1, -0.05) is 46.3 Å². The van der Waals surface area contributed by atoms with Crippen molar-refractivity contribution in [3.63, 3.8) is 0 Å². The van der Waals surface area contributed by atoms with E-state index < -0.39 is 37.5 Å². The van der Waals surface area contributed by atoms with Crippen molar-refractivity contribution in [2.24, 2.45) is 11.8 Å². The summed E-state index contributed by atoms with van der Waals surface area (Å²) in [5, 5.41) is 0.709. The number of esters is 1. The lowest BCUT2D eigenvalue weighted by atomic mass is 10.0. The number of hydrogen-bond donors (Lipinski definition) is 0. The number of hydrogen-bond acceptors (Lipinski definition) is 4. The number of ether oxygens (including phenoxy) is 3. The van der Waals surface area contributed by atoms with E-state index in [9.17, 15) is 31.1 Å². The van der Waals surface area contributed by atoms with Crippen LogP contribution in [-0.4, -0.2) is 36.3 Å². The first kappa shape index (κ1) is 34.9. The Bertz CT molecular complexity index is 1420. The molecular weight excluding hydrogens is 588 g/mol. The number of aryl methyl sites for hydroxylation is 1. The number of carbonyl (C=O) groups excluding carboxylic acids is 1. The minimum absolute atomic E-state index is 0.0683. The highest BCUT2D eigenvalue weighted by Crippen LogP contribution is 2.39. The summed E-state index contributed by atoms with van der Waals surface area (Å²) in [6.07, 6.45) is -7.20. The van der Waals surface area contributed by atoms with Gasteiger partial charge in [0.05, 0.1) is 30.8 Å². The van der Waals surface area contributed by atoms with Gasteiger partial charge in [-0.15, -0.1) is 13.2 Å². The van der Waals surface area contributed by atoms with Crippen LogP contribution in [-0.2, 0) is 22.5 Å². The Labute approximate surface area is 253 Å². The van der Waals surface area contributed by atoms with Gasteiger partial charge in [-0.05, 0) is 61.6 Å². The van der Waals surface area contributed by atoms with Gasteiger partial charge in [-0.25, -0.2) is 4.79 Å². The zero-order valence-electron chi connectivity index (χ0n) is 25.4. The zero-order valence-corrected chi connectivity index (χ0v) is 25.4. The molecule has 0 amide bonds. The Balaban J connectivity index is 1.98. The van der Waals surface area contributed by atoms with Gasteiger partial charge in [0.15, 0.2) is 0 Å². The van der Waals surface area contributed by atoms with Crippen LogP contribution in [0.5, 0.6) is 11.5 Å². The summed E-state index contributed by atoms with van der Waals surface area (Å²) in [6.45, 7) is 10.4. The Morgan fingerprint density at radius 3 is 2.32 bits per heavy atom. The minimum atomic E-state index is -4.89. The lowest BCUT2D eigenvalue weighted by Crippen LogP contribution is -2.26. The average molecular weight is 628 g/mol. The molecule has 5 nitrogen and oxygen atoms in total. The Kier molecular flexibility index (Phi) is 11.8. The number of halogens is 6. The fourth-order valence-electron chi connectivity index (χ4n) is 4.86. The van der Waals surface area contributed by atoms with E-state index in [1.165, 1.54) is 13.0 Å². The quantitative estimate of drug-likeness (QED) is 0.0729. The van der Waals surface area contributed by atoms with Crippen molar-refractivity contribution in [3.8, 4) is 22.8 Å². The van der Waals surface area contributed by atoms with Crippen molar-refractivity contribution in [2.75, 3.05) is 13.2 Å². The lowest BCUT2D eigenvalue weighted by molar-refractivity contribution is -0.274. The summed E-state index contributed by atoms with van der Waals surface area (Å²) in [4.78, 5) is 11.7. The highest BCUT2D eigenvalue weighted by Gasteiger charge is 2.34.